The number of carbonyl (C=O) groups excluding carboxylic acids is 2. The molecule has 0 saturated carbocycles. The maximum atomic E-state index is 12.8. The smallest absolute Gasteiger partial charge is 0.228 e. The van der Waals surface area contributed by atoms with E-state index < -0.39 is 0 Å². The summed E-state index contributed by atoms with van der Waals surface area (Å²) in [5.41, 5.74) is 0.862. The summed E-state index contributed by atoms with van der Waals surface area (Å²) < 4.78 is 0. The molecule has 3 atom stereocenters. The molecular weight excluding hydrogens is 304 g/mol. The zero-order valence-corrected chi connectivity index (χ0v) is 14.7. The van der Waals surface area contributed by atoms with Crippen LogP contribution >= 0.6 is 0 Å². The topological polar surface area (TPSA) is 56.8 Å². The Kier molecular flexibility index (Phi) is 4.85. The van der Waals surface area contributed by atoms with E-state index in [-0.39, 0.29) is 17.7 Å². The lowest BCUT2D eigenvalue weighted by molar-refractivity contribution is -0.135. The van der Waals surface area contributed by atoms with Gasteiger partial charge in [0.05, 0.1) is 18.2 Å². The van der Waals surface area contributed by atoms with Gasteiger partial charge in [0, 0.05) is 38.3 Å². The van der Waals surface area contributed by atoms with Crippen LogP contribution in [0.4, 0.5) is 0 Å². The number of carbonyl (C=O) groups is 2. The summed E-state index contributed by atoms with van der Waals surface area (Å²) in [4.78, 5) is 35.2. The van der Waals surface area contributed by atoms with E-state index >= 15 is 0 Å². The van der Waals surface area contributed by atoms with Crippen molar-refractivity contribution in [1.82, 2.24) is 19.7 Å². The van der Waals surface area contributed by atoms with Crippen molar-refractivity contribution in [3.05, 3.63) is 30.1 Å². The lowest BCUT2D eigenvalue weighted by Crippen LogP contribution is -2.38. The normalized spacial score (nSPS) is 27.3. The Balaban J connectivity index is 1.60. The molecule has 2 amide bonds. The van der Waals surface area contributed by atoms with Gasteiger partial charge < -0.3 is 14.7 Å². The highest BCUT2D eigenvalue weighted by atomic mass is 16.2. The van der Waals surface area contributed by atoms with Crippen LogP contribution in [0.15, 0.2) is 24.4 Å². The summed E-state index contributed by atoms with van der Waals surface area (Å²) in [5.74, 6) is 0.429. The Hall–Kier alpha value is -1.95. The Morgan fingerprint density at radius 3 is 2.71 bits per heavy atom. The van der Waals surface area contributed by atoms with Crippen molar-refractivity contribution in [2.45, 2.75) is 25.9 Å². The van der Waals surface area contributed by atoms with Crippen molar-refractivity contribution >= 4 is 11.8 Å². The van der Waals surface area contributed by atoms with Gasteiger partial charge in [-0.1, -0.05) is 13.0 Å². The van der Waals surface area contributed by atoms with Crippen molar-refractivity contribution in [2.24, 2.45) is 11.8 Å². The second-order valence-corrected chi connectivity index (χ2v) is 7.25. The van der Waals surface area contributed by atoms with Crippen LogP contribution in [0.5, 0.6) is 0 Å². The van der Waals surface area contributed by atoms with Crippen LogP contribution in [0.3, 0.4) is 0 Å². The number of hydrogen-bond acceptors (Lipinski definition) is 4. The van der Waals surface area contributed by atoms with Crippen LogP contribution in [-0.4, -0.2) is 71.3 Å². The molecule has 0 aliphatic carbocycles. The van der Waals surface area contributed by atoms with Crippen LogP contribution in [0.25, 0.3) is 0 Å². The van der Waals surface area contributed by atoms with E-state index in [1.807, 2.05) is 23.1 Å². The molecule has 24 heavy (non-hydrogen) atoms. The zero-order valence-electron chi connectivity index (χ0n) is 14.7. The first-order valence-electron chi connectivity index (χ1n) is 8.58. The molecule has 0 spiro atoms. The minimum Gasteiger partial charge on any atom is -0.340 e. The van der Waals surface area contributed by atoms with Gasteiger partial charge in [0.2, 0.25) is 11.8 Å². The monoisotopic (exact) mass is 330 g/mol. The lowest BCUT2D eigenvalue weighted by atomic mass is 10.1. The molecule has 3 heterocycles. The maximum Gasteiger partial charge on any atom is 0.228 e. The van der Waals surface area contributed by atoms with Gasteiger partial charge in [-0.05, 0) is 32.1 Å². The average molecular weight is 330 g/mol. The SMILES string of the molecule is C[C@@H]1CN(C(=O)[C@@H]2CC(=O)N(Cc3ccccn3)C2)C[C@H]1N(C)C. The molecule has 0 unspecified atom stereocenters. The maximum absolute atomic E-state index is 12.8. The number of nitrogens with zero attached hydrogens (tertiary/aromatic N) is 4. The number of likely N-dealkylation sites (tertiary alicyclic amines) is 2. The van der Waals surface area contributed by atoms with Crippen molar-refractivity contribution in [3.63, 3.8) is 0 Å². The molecule has 6 heteroatoms. The molecule has 0 radical (unpaired) electrons. The van der Waals surface area contributed by atoms with Crippen LogP contribution in [0.2, 0.25) is 0 Å². The molecular formula is C18H26N4O2. The van der Waals surface area contributed by atoms with E-state index in [0.717, 1.165) is 18.8 Å². The number of pyridine rings is 1. The molecule has 0 N–H and O–H groups in total. The Labute approximate surface area is 143 Å². The molecule has 2 aliphatic heterocycles. The van der Waals surface area contributed by atoms with Crippen LogP contribution < -0.4 is 0 Å². The van der Waals surface area contributed by atoms with Crippen LogP contribution in [0.1, 0.15) is 19.0 Å². The molecule has 0 bridgehead atoms. The number of hydrogen-bond donors (Lipinski definition) is 0. The van der Waals surface area contributed by atoms with Crippen molar-refractivity contribution < 1.29 is 9.59 Å². The van der Waals surface area contributed by atoms with Gasteiger partial charge in [-0.3, -0.25) is 14.6 Å². The fraction of sp³-hybridized carbons (Fsp3) is 0.611. The second-order valence-electron chi connectivity index (χ2n) is 7.25. The van der Waals surface area contributed by atoms with Gasteiger partial charge >= 0.3 is 0 Å². The molecule has 130 valence electrons. The third-order valence-corrected chi connectivity index (χ3v) is 5.19. The van der Waals surface area contributed by atoms with Gasteiger partial charge in [0.1, 0.15) is 0 Å². The van der Waals surface area contributed by atoms with Gasteiger partial charge in [0.15, 0.2) is 0 Å². The van der Waals surface area contributed by atoms with Crippen molar-refractivity contribution in [2.75, 3.05) is 33.7 Å². The van der Waals surface area contributed by atoms with E-state index in [1.54, 1.807) is 11.1 Å². The first-order chi connectivity index (χ1) is 11.5. The summed E-state index contributed by atoms with van der Waals surface area (Å²) >= 11 is 0. The van der Waals surface area contributed by atoms with Crippen molar-refractivity contribution in [1.29, 1.82) is 0 Å². The minimum atomic E-state index is -0.214. The Morgan fingerprint density at radius 1 is 1.29 bits per heavy atom. The number of rotatable bonds is 4. The minimum absolute atomic E-state index is 0.0513. The van der Waals surface area contributed by atoms with E-state index in [4.69, 9.17) is 0 Å². The van der Waals surface area contributed by atoms with Crippen LogP contribution in [0, 0.1) is 11.8 Å². The third-order valence-electron chi connectivity index (χ3n) is 5.19. The van der Waals surface area contributed by atoms with E-state index in [0.29, 0.717) is 31.5 Å². The van der Waals surface area contributed by atoms with E-state index in [1.165, 1.54) is 0 Å². The molecule has 1 aromatic heterocycles. The highest BCUT2D eigenvalue weighted by molar-refractivity contribution is 5.89. The summed E-state index contributed by atoms with van der Waals surface area (Å²) in [5, 5.41) is 0. The van der Waals surface area contributed by atoms with E-state index in [2.05, 4.69) is 30.9 Å². The highest BCUT2D eigenvalue weighted by Crippen LogP contribution is 2.26. The number of likely N-dealkylation sites (N-methyl/N-ethyl adjacent to an activating group) is 1. The molecule has 6 nitrogen and oxygen atoms in total. The highest BCUT2D eigenvalue weighted by Gasteiger charge is 2.40. The summed E-state index contributed by atoms with van der Waals surface area (Å²) in [6.45, 7) is 4.72. The molecule has 3 rings (SSSR count). The fourth-order valence-corrected chi connectivity index (χ4v) is 3.84. The Bertz CT molecular complexity index is 604. The standard InChI is InChI=1S/C18H26N4O2/c1-13-9-22(12-16(13)20(2)3)18(24)14-8-17(23)21(10-14)11-15-6-4-5-7-19-15/h4-7,13-14,16H,8-12H2,1-3H3/t13-,14-,16-/m1/s1. The predicted octanol–water partition coefficient (Wildman–Crippen LogP) is 0.839. The number of aromatic nitrogens is 1. The predicted molar refractivity (Wildman–Crippen MR) is 91.0 cm³/mol. The molecule has 1 aromatic rings. The van der Waals surface area contributed by atoms with Crippen LogP contribution in [-0.2, 0) is 16.1 Å². The summed E-state index contributed by atoms with van der Waals surface area (Å²) in [6, 6.07) is 6.08. The lowest BCUT2D eigenvalue weighted by Gasteiger charge is -2.23. The first kappa shape index (κ1) is 16.9. The quantitative estimate of drug-likeness (QED) is 0.821. The summed E-state index contributed by atoms with van der Waals surface area (Å²) in [7, 11) is 4.12. The number of amides is 2. The van der Waals surface area contributed by atoms with Gasteiger partial charge in [-0.25, -0.2) is 0 Å². The largest absolute Gasteiger partial charge is 0.340 e. The summed E-state index contributed by atoms with van der Waals surface area (Å²) in [6.07, 6.45) is 2.05. The van der Waals surface area contributed by atoms with E-state index in [9.17, 15) is 9.59 Å². The average Bonchev–Trinajstić information content (AvgIpc) is 3.11. The first-order valence-corrected chi connectivity index (χ1v) is 8.58. The fourth-order valence-electron chi connectivity index (χ4n) is 3.84. The second kappa shape index (κ2) is 6.89. The van der Waals surface area contributed by atoms with Gasteiger partial charge in [-0.2, -0.15) is 0 Å². The molecule has 0 aromatic carbocycles. The third kappa shape index (κ3) is 3.43. The zero-order chi connectivity index (χ0) is 17.3. The van der Waals surface area contributed by atoms with Gasteiger partial charge in [0.25, 0.3) is 0 Å². The molecule has 2 fully saturated rings. The van der Waals surface area contributed by atoms with Gasteiger partial charge in [-0.15, -0.1) is 0 Å². The molecule has 2 aliphatic rings. The Morgan fingerprint density at radius 2 is 2.08 bits per heavy atom. The van der Waals surface area contributed by atoms with Crippen molar-refractivity contribution in [3.8, 4) is 0 Å². The molecule has 2 saturated heterocycles.